The van der Waals surface area contributed by atoms with Crippen LogP contribution < -0.4 is 15.4 Å². The van der Waals surface area contributed by atoms with Crippen LogP contribution >= 0.6 is 24.0 Å². The zero-order chi connectivity index (χ0) is 17.6. The molecule has 2 fully saturated rings. The molecule has 2 N–H and O–H groups in total. The number of aryl methyl sites for hydroxylation is 1. The van der Waals surface area contributed by atoms with Gasteiger partial charge in [0, 0.05) is 32.2 Å². The maximum absolute atomic E-state index is 6.03. The maximum atomic E-state index is 6.03. The summed E-state index contributed by atoms with van der Waals surface area (Å²) in [6.45, 7) is 7.32. The molecule has 26 heavy (non-hydrogen) atoms. The number of aliphatic imine (C=N–C) groups is 1. The van der Waals surface area contributed by atoms with Crippen molar-refractivity contribution in [1.82, 2.24) is 15.5 Å². The minimum absolute atomic E-state index is 0. The Morgan fingerprint density at radius 2 is 1.92 bits per heavy atom. The van der Waals surface area contributed by atoms with Crippen LogP contribution in [0.5, 0.6) is 5.75 Å². The van der Waals surface area contributed by atoms with Gasteiger partial charge in [-0.3, -0.25) is 4.99 Å². The number of ether oxygens (including phenoxy) is 1. The average Bonchev–Trinajstić information content (AvgIpc) is 3.46. The van der Waals surface area contributed by atoms with Crippen molar-refractivity contribution in [3.05, 3.63) is 29.8 Å². The number of guanidine groups is 1. The first kappa shape index (κ1) is 21.3. The Morgan fingerprint density at radius 1 is 1.23 bits per heavy atom. The van der Waals surface area contributed by atoms with E-state index in [0.29, 0.717) is 6.04 Å². The lowest BCUT2D eigenvalue weighted by Gasteiger charge is -2.33. The van der Waals surface area contributed by atoms with Gasteiger partial charge >= 0.3 is 0 Å². The van der Waals surface area contributed by atoms with Gasteiger partial charge in [0.05, 0.1) is 6.54 Å². The number of piperidine rings is 1. The molecule has 0 amide bonds. The standard InChI is InChI=1S/C20H32N4O.HI/c1-15-6-4-5-7-19(15)25-16(2)14-22-20(21-3)23-17-10-12-24(13-11-17)18-8-9-18;/h4-7,16-18H,8-14H2,1-3H3,(H2,21,22,23);1H. The van der Waals surface area contributed by atoms with Gasteiger partial charge < -0.3 is 20.3 Å². The van der Waals surface area contributed by atoms with E-state index in [2.05, 4.69) is 40.4 Å². The number of halogens is 1. The number of para-hydroxylation sites is 1. The van der Waals surface area contributed by atoms with Gasteiger partial charge in [-0.2, -0.15) is 0 Å². The van der Waals surface area contributed by atoms with Crippen LogP contribution in [0.15, 0.2) is 29.3 Å². The number of hydrogen-bond acceptors (Lipinski definition) is 3. The molecule has 1 aromatic rings. The second-order valence-corrected chi connectivity index (χ2v) is 7.33. The van der Waals surface area contributed by atoms with Crippen molar-refractivity contribution >= 4 is 29.9 Å². The number of hydrogen-bond donors (Lipinski definition) is 2. The van der Waals surface area contributed by atoms with Crippen molar-refractivity contribution in [2.75, 3.05) is 26.7 Å². The number of nitrogens with one attached hydrogen (secondary N) is 2. The summed E-state index contributed by atoms with van der Waals surface area (Å²) in [5, 5.41) is 6.98. The van der Waals surface area contributed by atoms with Crippen LogP contribution in [0.25, 0.3) is 0 Å². The van der Waals surface area contributed by atoms with Crippen LogP contribution in [0.2, 0.25) is 0 Å². The molecule has 1 saturated heterocycles. The van der Waals surface area contributed by atoms with Crippen molar-refractivity contribution in [3.8, 4) is 5.75 Å². The monoisotopic (exact) mass is 472 g/mol. The molecule has 0 spiro atoms. The summed E-state index contributed by atoms with van der Waals surface area (Å²) in [4.78, 5) is 7.02. The van der Waals surface area contributed by atoms with Gasteiger partial charge in [0.1, 0.15) is 11.9 Å². The largest absolute Gasteiger partial charge is 0.489 e. The summed E-state index contributed by atoms with van der Waals surface area (Å²) in [7, 11) is 1.83. The molecule has 146 valence electrons. The lowest BCUT2D eigenvalue weighted by atomic mass is 10.1. The highest BCUT2D eigenvalue weighted by Gasteiger charge is 2.31. The van der Waals surface area contributed by atoms with Crippen LogP contribution in [0.1, 0.15) is 38.2 Å². The second kappa shape index (κ2) is 10.3. The lowest BCUT2D eigenvalue weighted by molar-refractivity contribution is 0.196. The molecule has 3 rings (SSSR count). The molecular formula is C20H33IN4O. The third kappa shape index (κ3) is 6.30. The number of rotatable bonds is 6. The molecule has 1 unspecified atom stereocenters. The Bertz CT molecular complexity index is 583. The third-order valence-corrected chi connectivity index (χ3v) is 5.14. The van der Waals surface area contributed by atoms with E-state index in [0.717, 1.165) is 24.3 Å². The normalized spacial score (nSPS) is 20.2. The highest BCUT2D eigenvalue weighted by atomic mass is 127. The first-order chi connectivity index (χ1) is 12.2. The Morgan fingerprint density at radius 3 is 2.54 bits per heavy atom. The van der Waals surface area contributed by atoms with E-state index in [1.807, 2.05) is 25.2 Å². The molecule has 1 aliphatic heterocycles. The molecule has 1 saturated carbocycles. The predicted octanol–water partition coefficient (Wildman–Crippen LogP) is 3.17. The van der Waals surface area contributed by atoms with Gasteiger partial charge in [0.2, 0.25) is 0 Å². The van der Waals surface area contributed by atoms with Crippen LogP contribution in [-0.2, 0) is 0 Å². The molecule has 0 bridgehead atoms. The summed E-state index contributed by atoms with van der Waals surface area (Å²) >= 11 is 0. The zero-order valence-corrected chi connectivity index (χ0v) is 18.5. The lowest BCUT2D eigenvalue weighted by Crippen LogP contribution is -2.50. The maximum Gasteiger partial charge on any atom is 0.191 e. The summed E-state index contributed by atoms with van der Waals surface area (Å²) in [5.74, 6) is 1.83. The first-order valence-electron chi connectivity index (χ1n) is 9.59. The SMILES string of the molecule is CN=C(NCC(C)Oc1ccccc1C)NC1CCN(C2CC2)CC1.I. The first-order valence-corrected chi connectivity index (χ1v) is 9.59. The van der Waals surface area contributed by atoms with E-state index in [9.17, 15) is 0 Å². The third-order valence-electron chi connectivity index (χ3n) is 5.14. The van der Waals surface area contributed by atoms with Gasteiger partial charge in [-0.25, -0.2) is 0 Å². The summed E-state index contributed by atoms with van der Waals surface area (Å²) in [5.41, 5.74) is 1.17. The number of likely N-dealkylation sites (tertiary alicyclic amines) is 1. The molecule has 0 radical (unpaired) electrons. The molecular weight excluding hydrogens is 439 g/mol. The molecule has 1 aliphatic carbocycles. The molecule has 1 aromatic carbocycles. The zero-order valence-electron chi connectivity index (χ0n) is 16.2. The second-order valence-electron chi connectivity index (χ2n) is 7.33. The Kier molecular flexibility index (Phi) is 8.47. The van der Waals surface area contributed by atoms with E-state index in [1.54, 1.807) is 0 Å². The molecule has 1 heterocycles. The van der Waals surface area contributed by atoms with Crippen LogP contribution in [0.4, 0.5) is 0 Å². The summed E-state index contributed by atoms with van der Waals surface area (Å²) in [6.07, 6.45) is 5.29. The fourth-order valence-corrected chi connectivity index (χ4v) is 3.42. The number of nitrogens with zero attached hydrogens (tertiary/aromatic N) is 2. The van der Waals surface area contributed by atoms with Crippen molar-refractivity contribution in [3.63, 3.8) is 0 Å². The fraction of sp³-hybridized carbons (Fsp3) is 0.650. The van der Waals surface area contributed by atoms with Crippen LogP contribution in [-0.4, -0.2) is 55.7 Å². The minimum Gasteiger partial charge on any atom is -0.489 e. The van der Waals surface area contributed by atoms with E-state index >= 15 is 0 Å². The Hall–Kier alpha value is -1.02. The minimum atomic E-state index is 0. The van der Waals surface area contributed by atoms with Crippen LogP contribution in [0, 0.1) is 6.92 Å². The Balaban J connectivity index is 0.00000243. The van der Waals surface area contributed by atoms with E-state index < -0.39 is 0 Å². The molecule has 2 aliphatic rings. The highest BCUT2D eigenvalue weighted by molar-refractivity contribution is 14.0. The van der Waals surface area contributed by atoms with Gasteiger partial charge in [-0.05, 0) is 51.2 Å². The molecule has 5 nitrogen and oxygen atoms in total. The van der Waals surface area contributed by atoms with Gasteiger partial charge in [0.25, 0.3) is 0 Å². The van der Waals surface area contributed by atoms with Gasteiger partial charge in [-0.1, -0.05) is 18.2 Å². The fourth-order valence-electron chi connectivity index (χ4n) is 3.42. The van der Waals surface area contributed by atoms with Crippen molar-refractivity contribution in [2.45, 2.75) is 57.7 Å². The highest BCUT2D eigenvalue weighted by Crippen LogP contribution is 2.29. The number of benzene rings is 1. The van der Waals surface area contributed by atoms with Crippen molar-refractivity contribution in [1.29, 1.82) is 0 Å². The van der Waals surface area contributed by atoms with Gasteiger partial charge in [-0.15, -0.1) is 24.0 Å². The molecule has 6 heteroatoms. The quantitative estimate of drug-likeness (QED) is 0.380. The molecule has 1 atom stereocenters. The topological polar surface area (TPSA) is 48.9 Å². The summed E-state index contributed by atoms with van der Waals surface area (Å²) < 4.78 is 6.03. The Labute approximate surface area is 175 Å². The molecule has 0 aromatic heterocycles. The van der Waals surface area contributed by atoms with E-state index in [4.69, 9.17) is 4.74 Å². The van der Waals surface area contributed by atoms with Gasteiger partial charge in [0.15, 0.2) is 5.96 Å². The van der Waals surface area contributed by atoms with Crippen molar-refractivity contribution < 1.29 is 4.74 Å². The van der Waals surface area contributed by atoms with Crippen LogP contribution in [0.3, 0.4) is 0 Å². The summed E-state index contributed by atoms with van der Waals surface area (Å²) in [6, 6.07) is 9.55. The average molecular weight is 472 g/mol. The predicted molar refractivity (Wildman–Crippen MR) is 119 cm³/mol. The van der Waals surface area contributed by atoms with Crippen molar-refractivity contribution in [2.24, 2.45) is 4.99 Å². The van der Waals surface area contributed by atoms with E-state index in [-0.39, 0.29) is 30.1 Å². The van der Waals surface area contributed by atoms with E-state index in [1.165, 1.54) is 44.3 Å². The smallest absolute Gasteiger partial charge is 0.191 e.